The van der Waals surface area contributed by atoms with Crippen LogP contribution in [0.5, 0.6) is 0 Å². The van der Waals surface area contributed by atoms with Crippen molar-refractivity contribution in [1.82, 2.24) is 19.6 Å². The van der Waals surface area contributed by atoms with Gasteiger partial charge in [-0.3, -0.25) is 14.0 Å². The third kappa shape index (κ3) is 3.58. The zero-order valence-corrected chi connectivity index (χ0v) is 15.9. The number of ether oxygens (including phenoxy) is 1. The molecule has 0 unspecified atom stereocenters. The van der Waals surface area contributed by atoms with Gasteiger partial charge in [-0.1, -0.05) is 35.9 Å². The lowest BCUT2D eigenvalue weighted by Crippen LogP contribution is -2.41. The molecule has 7 nitrogen and oxygen atoms in total. The van der Waals surface area contributed by atoms with E-state index in [1.165, 1.54) is 0 Å². The number of morpholine rings is 1. The number of carbonyl (C=O) groups excluding carboxylic acids is 2. The fraction of sp³-hybridized carbons (Fsp3) is 0.250. The van der Waals surface area contributed by atoms with Crippen LogP contribution in [0.25, 0.3) is 5.52 Å². The topological polar surface area (TPSA) is 75.9 Å². The number of rotatable bonds is 4. The Morgan fingerprint density at radius 2 is 1.86 bits per heavy atom. The summed E-state index contributed by atoms with van der Waals surface area (Å²) in [7, 11) is 0. The van der Waals surface area contributed by atoms with E-state index in [2.05, 4.69) is 10.3 Å². The molecular weight excluding hydrogens is 380 g/mol. The van der Waals surface area contributed by atoms with Crippen LogP contribution < -0.4 is 5.32 Å². The van der Waals surface area contributed by atoms with Gasteiger partial charge in [0.1, 0.15) is 0 Å². The number of imidazole rings is 1. The Morgan fingerprint density at radius 3 is 2.64 bits per heavy atom. The minimum absolute atomic E-state index is 0.166. The number of benzene rings is 1. The summed E-state index contributed by atoms with van der Waals surface area (Å²) in [5.41, 5.74) is 1.68. The van der Waals surface area contributed by atoms with Gasteiger partial charge in [0.05, 0.1) is 18.7 Å². The first-order chi connectivity index (χ1) is 13.6. The van der Waals surface area contributed by atoms with E-state index in [1.807, 2.05) is 24.3 Å². The van der Waals surface area contributed by atoms with Crippen molar-refractivity contribution < 1.29 is 14.3 Å². The number of fused-ring (bicyclic) bond motifs is 1. The largest absolute Gasteiger partial charge is 0.378 e. The van der Waals surface area contributed by atoms with Crippen molar-refractivity contribution in [1.29, 1.82) is 0 Å². The maximum Gasteiger partial charge on any atom is 0.287 e. The van der Waals surface area contributed by atoms with Gasteiger partial charge in [-0.2, -0.15) is 0 Å². The summed E-state index contributed by atoms with van der Waals surface area (Å²) in [5, 5.41) is 3.41. The molecule has 1 aliphatic rings. The van der Waals surface area contributed by atoms with Crippen LogP contribution >= 0.6 is 11.6 Å². The van der Waals surface area contributed by atoms with E-state index in [0.717, 1.165) is 5.56 Å². The van der Waals surface area contributed by atoms with Gasteiger partial charge < -0.3 is 15.0 Å². The lowest BCUT2D eigenvalue weighted by Gasteiger charge is -2.26. The normalized spacial score (nSPS) is 14.2. The van der Waals surface area contributed by atoms with E-state index in [0.29, 0.717) is 36.8 Å². The second-order valence-electron chi connectivity index (χ2n) is 6.42. The third-order valence-corrected chi connectivity index (χ3v) is 5.02. The summed E-state index contributed by atoms with van der Waals surface area (Å²) < 4.78 is 6.94. The first-order valence-corrected chi connectivity index (χ1v) is 9.38. The van der Waals surface area contributed by atoms with E-state index in [1.54, 1.807) is 33.7 Å². The molecule has 1 aliphatic heterocycles. The summed E-state index contributed by atoms with van der Waals surface area (Å²) in [6.07, 6.45) is 1.73. The van der Waals surface area contributed by atoms with Gasteiger partial charge in [0.15, 0.2) is 5.69 Å². The SMILES string of the molecule is O=C(NCc1ccccc1Cl)c1nc(C(=O)N2CCOCC2)c2ccccn12. The molecule has 0 aliphatic carbocycles. The third-order valence-electron chi connectivity index (χ3n) is 4.65. The second-order valence-corrected chi connectivity index (χ2v) is 6.83. The van der Waals surface area contributed by atoms with Gasteiger partial charge in [0.2, 0.25) is 5.82 Å². The average molecular weight is 399 g/mol. The van der Waals surface area contributed by atoms with E-state index >= 15 is 0 Å². The Hall–Kier alpha value is -2.90. The summed E-state index contributed by atoms with van der Waals surface area (Å²) >= 11 is 6.15. The van der Waals surface area contributed by atoms with Crippen LogP contribution in [0, 0.1) is 0 Å². The number of hydrogen-bond donors (Lipinski definition) is 1. The summed E-state index contributed by atoms with van der Waals surface area (Å²) in [6.45, 7) is 2.30. The summed E-state index contributed by atoms with van der Waals surface area (Å²) in [5.74, 6) is -0.404. The van der Waals surface area contributed by atoms with Crippen molar-refractivity contribution >= 4 is 28.9 Å². The molecule has 1 aromatic carbocycles. The van der Waals surface area contributed by atoms with Crippen molar-refractivity contribution in [3.63, 3.8) is 0 Å². The lowest BCUT2D eigenvalue weighted by atomic mass is 10.2. The number of hydrogen-bond acceptors (Lipinski definition) is 4. The van der Waals surface area contributed by atoms with Crippen LogP contribution in [-0.2, 0) is 11.3 Å². The van der Waals surface area contributed by atoms with Gasteiger partial charge in [-0.05, 0) is 23.8 Å². The Bertz CT molecular complexity index is 1030. The highest BCUT2D eigenvalue weighted by Crippen LogP contribution is 2.17. The number of aromatic nitrogens is 2. The summed E-state index contributed by atoms with van der Waals surface area (Å²) in [6, 6.07) is 12.7. The first kappa shape index (κ1) is 18.5. The molecule has 2 amide bonds. The highest BCUT2D eigenvalue weighted by atomic mass is 35.5. The predicted molar refractivity (Wildman–Crippen MR) is 105 cm³/mol. The maximum atomic E-state index is 12.9. The number of carbonyl (C=O) groups is 2. The van der Waals surface area contributed by atoms with Crippen molar-refractivity contribution in [3.05, 3.63) is 70.8 Å². The van der Waals surface area contributed by atoms with Crippen LogP contribution in [0.2, 0.25) is 5.02 Å². The quantitative estimate of drug-likeness (QED) is 0.732. The van der Waals surface area contributed by atoms with Crippen LogP contribution in [0.4, 0.5) is 0 Å². The van der Waals surface area contributed by atoms with Gasteiger partial charge in [0, 0.05) is 30.9 Å². The molecule has 1 fully saturated rings. The predicted octanol–water partition coefficient (Wildman–Crippen LogP) is 2.39. The monoisotopic (exact) mass is 398 g/mol. The Kier molecular flexibility index (Phi) is 5.27. The highest BCUT2D eigenvalue weighted by molar-refractivity contribution is 6.31. The number of nitrogens with zero attached hydrogens (tertiary/aromatic N) is 3. The second kappa shape index (κ2) is 8.00. The first-order valence-electron chi connectivity index (χ1n) is 9.01. The molecule has 0 atom stereocenters. The molecule has 8 heteroatoms. The minimum Gasteiger partial charge on any atom is -0.378 e. The molecule has 3 aromatic rings. The van der Waals surface area contributed by atoms with E-state index < -0.39 is 0 Å². The van der Waals surface area contributed by atoms with Gasteiger partial charge in [-0.15, -0.1) is 0 Å². The van der Waals surface area contributed by atoms with Crippen molar-refractivity contribution in [3.8, 4) is 0 Å². The molecule has 1 N–H and O–H groups in total. The van der Waals surface area contributed by atoms with Gasteiger partial charge in [-0.25, -0.2) is 4.98 Å². The number of pyridine rings is 1. The average Bonchev–Trinajstić information content (AvgIpc) is 3.13. The van der Waals surface area contributed by atoms with Crippen molar-refractivity contribution in [2.24, 2.45) is 0 Å². The van der Waals surface area contributed by atoms with Crippen LogP contribution in [0.3, 0.4) is 0 Å². The molecule has 28 heavy (non-hydrogen) atoms. The van der Waals surface area contributed by atoms with E-state index in [4.69, 9.17) is 16.3 Å². The molecule has 3 heterocycles. The molecule has 0 spiro atoms. The van der Waals surface area contributed by atoms with Gasteiger partial charge >= 0.3 is 0 Å². The molecular formula is C20H19ClN4O3. The van der Waals surface area contributed by atoms with Crippen LogP contribution in [0.1, 0.15) is 26.7 Å². The van der Waals surface area contributed by atoms with Gasteiger partial charge in [0.25, 0.3) is 11.8 Å². The van der Waals surface area contributed by atoms with Crippen LogP contribution in [-0.4, -0.2) is 52.4 Å². The standard InChI is InChI=1S/C20H19ClN4O3/c21-15-6-2-1-5-14(15)13-22-19(26)18-23-17(16-7-3-4-8-25(16)18)20(27)24-9-11-28-12-10-24/h1-8H,9-13H2,(H,22,26). The van der Waals surface area contributed by atoms with E-state index in [9.17, 15) is 9.59 Å². The Balaban J connectivity index is 1.61. The number of halogens is 1. The zero-order chi connectivity index (χ0) is 19.5. The highest BCUT2D eigenvalue weighted by Gasteiger charge is 2.26. The Labute approximate surface area is 166 Å². The van der Waals surface area contributed by atoms with Crippen molar-refractivity contribution in [2.45, 2.75) is 6.54 Å². The molecule has 0 radical (unpaired) electrons. The maximum absolute atomic E-state index is 12.9. The molecule has 2 aromatic heterocycles. The Morgan fingerprint density at radius 1 is 1.11 bits per heavy atom. The van der Waals surface area contributed by atoms with Crippen LogP contribution in [0.15, 0.2) is 48.7 Å². The zero-order valence-electron chi connectivity index (χ0n) is 15.1. The molecule has 144 valence electrons. The molecule has 0 bridgehead atoms. The van der Waals surface area contributed by atoms with Crippen molar-refractivity contribution in [2.75, 3.05) is 26.3 Å². The number of amides is 2. The molecule has 4 rings (SSSR count). The smallest absolute Gasteiger partial charge is 0.287 e. The lowest BCUT2D eigenvalue weighted by molar-refractivity contribution is 0.0300. The van der Waals surface area contributed by atoms with E-state index in [-0.39, 0.29) is 29.9 Å². The summed E-state index contributed by atoms with van der Waals surface area (Å²) in [4.78, 5) is 31.8. The molecule has 1 saturated heterocycles. The minimum atomic E-state index is -0.373. The fourth-order valence-corrected chi connectivity index (χ4v) is 3.37. The number of nitrogens with one attached hydrogen (secondary N) is 1. The fourth-order valence-electron chi connectivity index (χ4n) is 3.17. The molecule has 0 saturated carbocycles.